The molecule has 1 aromatic rings. The Morgan fingerprint density at radius 1 is 1.20 bits per heavy atom. The van der Waals surface area contributed by atoms with Gasteiger partial charge in [0.05, 0.1) is 0 Å². The Kier molecular flexibility index (Phi) is 3.25. The average molecular weight is 276 g/mol. The summed E-state index contributed by atoms with van der Waals surface area (Å²) in [6, 6.07) is 2.67. The number of carbonyl (C=O) groups excluding carboxylic acids is 3. The summed E-state index contributed by atoms with van der Waals surface area (Å²) in [5.41, 5.74) is -0.839. The molecule has 20 heavy (non-hydrogen) atoms. The van der Waals surface area contributed by atoms with Crippen LogP contribution in [0.15, 0.2) is 22.1 Å². The van der Waals surface area contributed by atoms with Crippen molar-refractivity contribution in [2.75, 3.05) is 0 Å². The van der Waals surface area contributed by atoms with E-state index in [1.165, 1.54) is 6.08 Å². The van der Waals surface area contributed by atoms with Gasteiger partial charge >= 0.3 is 6.03 Å². The standard InChI is InChI=1S/C14H16N2O4/c1-8-5-6-9(20-8)7-10-11(17)15-13(19)16(12(10)18)14(2,3)4/h5-7H,1-4H3,(H,15,17,19)/b10-7-. The van der Waals surface area contributed by atoms with E-state index in [2.05, 4.69) is 5.32 Å². The highest BCUT2D eigenvalue weighted by molar-refractivity contribution is 6.31. The zero-order valence-electron chi connectivity index (χ0n) is 11.8. The predicted molar refractivity (Wildman–Crippen MR) is 71.6 cm³/mol. The van der Waals surface area contributed by atoms with Gasteiger partial charge in [-0.3, -0.25) is 19.8 Å². The minimum absolute atomic E-state index is 0.117. The number of rotatable bonds is 1. The van der Waals surface area contributed by atoms with Gasteiger partial charge in [-0.15, -0.1) is 0 Å². The first-order chi connectivity index (χ1) is 9.20. The van der Waals surface area contributed by atoms with Gasteiger partial charge in [0.25, 0.3) is 11.8 Å². The molecule has 6 nitrogen and oxygen atoms in total. The highest BCUT2D eigenvalue weighted by Gasteiger charge is 2.41. The number of imide groups is 2. The molecule has 0 radical (unpaired) electrons. The SMILES string of the molecule is Cc1ccc(/C=C2/C(=O)NC(=O)N(C(C)(C)C)C2=O)o1. The van der Waals surface area contributed by atoms with Crippen molar-refractivity contribution in [1.82, 2.24) is 10.2 Å². The Hall–Kier alpha value is -2.37. The van der Waals surface area contributed by atoms with Gasteiger partial charge in [0.2, 0.25) is 0 Å². The first-order valence-corrected chi connectivity index (χ1v) is 6.18. The maximum atomic E-state index is 12.3. The van der Waals surface area contributed by atoms with E-state index in [-0.39, 0.29) is 5.57 Å². The molecule has 1 aromatic heterocycles. The number of urea groups is 1. The van der Waals surface area contributed by atoms with Crippen LogP contribution in [-0.4, -0.2) is 28.3 Å². The summed E-state index contributed by atoms with van der Waals surface area (Å²) in [6.07, 6.45) is 1.34. The fourth-order valence-corrected chi connectivity index (χ4v) is 1.94. The molecule has 0 unspecified atom stereocenters. The maximum absolute atomic E-state index is 12.3. The van der Waals surface area contributed by atoms with Crippen LogP contribution in [0.4, 0.5) is 4.79 Å². The van der Waals surface area contributed by atoms with Gasteiger partial charge in [-0.25, -0.2) is 4.79 Å². The monoisotopic (exact) mass is 276 g/mol. The van der Waals surface area contributed by atoms with Gasteiger partial charge in [-0.05, 0) is 45.9 Å². The molecule has 0 saturated carbocycles. The van der Waals surface area contributed by atoms with E-state index in [0.29, 0.717) is 11.5 Å². The van der Waals surface area contributed by atoms with Crippen LogP contribution in [0.3, 0.4) is 0 Å². The second-order valence-corrected chi connectivity index (χ2v) is 5.58. The number of carbonyl (C=O) groups is 3. The van der Waals surface area contributed by atoms with Crippen LogP contribution in [0.2, 0.25) is 0 Å². The third-order valence-corrected chi connectivity index (χ3v) is 2.82. The van der Waals surface area contributed by atoms with Gasteiger partial charge in [-0.1, -0.05) is 0 Å². The number of hydrogen-bond acceptors (Lipinski definition) is 4. The largest absolute Gasteiger partial charge is 0.462 e. The lowest BCUT2D eigenvalue weighted by molar-refractivity contribution is -0.133. The van der Waals surface area contributed by atoms with E-state index in [9.17, 15) is 14.4 Å². The predicted octanol–water partition coefficient (Wildman–Crippen LogP) is 1.85. The first-order valence-electron chi connectivity index (χ1n) is 6.18. The molecule has 2 rings (SSSR count). The molecule has 6 heteroatoms. The fourth-order valence-electron chi connectivity index (χ4n) is 1.94. The van der Waals surface area contributed by atoms with Crippen LogP contribution in [0, 0.1) is 6.92 Å². The Morgan fingerprint density at radius 3 is 2.35 bits per heavy atom. The number of furan rings is 1. The van der Waals surface area contributed by atoms with Gasteiger partial charge in [0.1, 0.15) is 17.1 Å². The maximum Gasteiger partial charge on any atom is 0.331 e. The van der Waals surface area contributed by atoms with Crippen molar-refractivity contribution in [1.29, 1.82) is 0 Å². The molecule has 2 heterocycles. The van der Waals surface area contributed by atoms with E-state index < -0.39 is 23.4 Å². The highest BCUT2D eigenvalue weighted by atomic mass is 16.3. The second kappa shape index (κ2) is 4.63. The van der Waals surface area contributed by atoms with Crippen LogP contribution in [0.1, 0.15) is 32.3 Å². The molecule has 0 bridgehead atoms. The summed E-state index contributed by atoms with van der Waals surface area (Å²) in [4.78, 5) is 37.0. The van der Waals surface area contributed by atoms with Crippen LogP contribution in [0.5, 0.6) is 0 Å². The number of barbiturate groups is 1. The molecule has 1 fully saturated rings. The van der Waals surface area contributed by atoms with Crippen molar-refractivity contribution >= 4 is 23.9 Å². The van der Waals surface area contributed by atoms with Crippen molar-refractivity contribution in [2.45, 2.75) is 33.2 Å². The van der Waals surface area contributed by atoms with Gasteiger partial charge in [0, 0.05) is 5.54 Å². The number of amides is 4. The smallest absolute Gasteiger partial charge is 0.331 e. The Morgan fingerprint density at radius 2 is 1.85 bits per heavy atom. The molecule has 0 atom stereocenters. The minimum Gasteiger partial charge on any atom is -0.462 e. The first kappa shape index (κ1) is 14.0. The third kappa shape index (κ3) is 2.49. The fraction of sp³-hybridized carbons (Fsp3) is 0.357. The molecule has 1 saturated heterocycles. The molecular weight excluding hydrogens is 260 g/mol. The Bertz CT molecular complexity index is 619. The van der Waals surface area contributed by atoms with Crippen molar-refractivity contribution in [2.24, 2.45) is 0 Å². The second-order valence-electron chi connectivity index (χ2n) is 5.58. The quantitative estimate of drug-likeness (QED) is 0.627. The summed E-state index contributed by atoms with van der Waals surface area (Å²) >= 11 is 0. The van der Waals surface area contributed by atoms with E-state index in [1.54, 1.807) is 39.8 Å². The molecule has 106 valence electrons. The van der Waals surface area contributed by atoms with Crippen molar-refractivity contribution in [3.05, 3.63) is 29.2 Å². The molecule has 1 N–H and O–H groups in total. The van der Waals surface area contributed by atoms with Crippen LogP contribution in [-0.2, 0) is 9.59 Å². The van der Waals surface area contributed by atoms with E-state index in [1.807, 2.05) is 0 Å². The van der Waals surface area contributed by atoms with Crippen molar-refractivity contribution in [3.63, 3.8) is 0 Å². The normalized spacial score (nSPS) is 18.7. The Balaban J connectivity index is 2.42. The molecule has 0 spiro atoms. The van der Waals surface area contributed by atoms with Gasteiger partial charge in [-0.2, -0.15) is 0 Å². The zero-order chi connectivity index (χ0) is 15.1. The minimum atomic E-state index is -0.722. The summed E-state index contributed by atoms with van der Waals surface area (Å²) in [5, 5.41) is 2.16. The van der Waals surface area contributed by atoms with Crippen molar-refractivity contribution < 1.29 is 18.8 Å². The summed E-state index contributed by atoms with van der Waals surface area (Å²) < 4.78 is 5.32. The van der Waals surface area contributed by atoms with Gasteiger partial charge in [0.15, 0.2) is 0 Å². The zero-order valence-corrected chi connectivity index (χ0v) is 11.8. The van der Waals surface area contributed by atoms with Gasteiger partial charge < -0.3 is 4.42 Å². The number of hydrogen-bond donors (Lipinski definition) is 1. The lowest BCUT2D eigenvalue weighted by Gasteiger charge is -2.36. The van der Waals surface area contributed by atoms with E-state index in [4.69, 9.17) is 4.42 Å². The molecule has 4 amide bonds. The Labute approximate surface area is 116 Å². The lowest BCUT2D eigenvalue weighted by Crippen LogP contribution is -2.60. The lowest BCUT2D eigenvalue weighted by atomic mass is 10.0. The van der Waals surface area contributed by atoms with Crippen molar-refractivity contribution in [3.8, 4) is 0 Å². The molecule has 1 aliphatic rings. The topological polar surface area (TPSA) is 79.6 Å². The van der Waals surface area contributed by atoms with Crippen LogP contribution >= 0.6 is 0 Å². The highest BCUT2D eigenvalue weighted by Crippen LogP contribution is 2.22. The summed E-state index contributed by atoms with van der Waals surface area (Å²) in [7, 11) is 0. The number of aryl methyl sites for hydroxylation is 1. The molecule has 0 aromatic carbocycles. The molecular formula is C14H16N2O4. The van der Waals surface area contributed by atoms with Crippen LogP contribution in [0.25, 0.3) is 6.08 Å². The van der Waals surface area contributed by atoms with Crippen LogP contribution < -0.4 is 5.32 Å². The summed E-state index contributed by atoms with van der Waals surface area (Å²) in [5.74, 6) is -0.275. The van der Waals surface area contributed by atoms with E-state index >= 15 is 0 Å². The third-order valence-electron chi connectivity index (χ3n) is 2.82. The summed E-state index contributed by atoms with van der Waals surface area (Å²) in [6.45, 7) is 6.91. The number of nitrogens with zero attached hydrogens (tertiary/aromatic N) is 1. The number of nitrogens with one attached hydrogen (secondary N) is 1. The van der Waals surface area contributed by atoms with E-state index in [0.717, 1.165) is 4.90 Å². The molecule has 1 aliphatic heterocycles. The average Bonchev–Trinajstić information content (AvgIpc) is 2.67. The molecule has 0 aliphatic carbocycles.